The summed E-state index contributed by atoms with van der Waals surface area (Å²) >= 11 is 0. The molecular formula is C37H41N9O4. The minimum absolute atomic E-state index is 0.0321. The second-order valence-electron chi connectivity index (χ2n) is 12.9. The number of likely N-dealkylation sites (tertiary alicyclic amines) is 1. The number of nitrogens with zero attached hydrogens (tertiary/aromatic N) is 7. The van der Waals surface area contributed by atoms with Crippen LogP contribution in [0.1, 0.15) is 35.0 Å². The SMILES string of the molecule is [2H]C([2H])(C(=O)N1CC=C(c2ccc(-c3ncn(C)n3)cc2)CC1)N1CC[C@@](OC)(C(=O)Nc2ccc3[nH]nc(-c4ccnc(OC(C)C)c4)c3c2)C1. The molecule has 0 aliphatic carbocycles. The number of fused-ring (bicyclic) bond motifs is 1. The molecule has 2 aliphatic heterocycles. The first-order valence-corrected chi connectivity index (χ1v) is 16.6. The smallest absolute Gasteiger partial charge is 0.258 e. The van der Waals surface area contributed by atoms with E-state index >= 15 is 0 Å². The molecule has 2 aliphatic rings. The molecule has 5 aromatic rings. The lowest BCUT2D eigenvalue weighted by Crippen LogP contribution is -2.48. The van der Waals surface area contributed by atoms with E-state index in [-0.39, 0.29) is 32.2 Å². The van der Waals surface area contributed by atoms with Crippen molar-refractivity contribution in [2.24, 2.45) is 7.05 Å². The Kier molecular flexibility index (Phi) is 8.48. The van der Waals surface area contributed by atoms with Crippen LogP contribution >= 0.6 is 0 Å². The molecule has 0 spiro atoms. The lowest BCUT2D eigenvalue weighted by molar-refractivity contribution is -0.138. The van der Waals surface area contributed by atoms with Crippen molar-refractivity contribution in [1.82, 2.24) is 39.7 Å². The van der Waals surface area contributed by atoms with E-state index in [0.717, 1.165) is 33.2 Å². The Morgan fingerprint density at radius 3 is 2.60 bits per heavy atom. The Morgan fingerprint density at radius 1 is 1.06 bits per heavy atom. The van der Waals surface area contributed by atoms with Crippen LogP contribution in [0.25, 0.3) is 39.1 Å². The lowest BCUT2D eigenvalue weighted by atomic mass is 9.98. The average molecular weight is 678 g/mol. The van der Waals surface area contributed by atoms with Crippen molar-refractivity contribution in [3.63, 3.8) is 0 Å². The minimum atomic E-state index is -2.34. The Morgan fingerprint density at radius 2 is 1.88 bits per heavy atom. The van der Waals surface area contributed by atoms with Crippen LogP contribution in [0.15, 0.2) is 73.2 Å². The Hall–Kier alpha value is -5.40. The third kappa shape index (κ3) is 6.87. The van der Waals surface area contributed by atoms with Gasteiger partial charge in [-0.25, -0.2) is 9.97 Å². The molecule has 1 saturated heterocycles. The number of methoxy groups -OCH3 is 1. The number of hydrogen-bond donors (Lipinski definition) is 2. The maximum atomic E-state index is 13.8. The molecule has 0 radical (unpaired) electrons. The number of anilines is 1. The van der Waals surface area contributed by atoms with E-state index in [1.165, 1.54) is 16.9 Å². The highest BCUT2D eigenvalue weighted by atomic mass is 16.5. The molecule has 1 atom stereocenters. The second-order valence-corrected chi connectivity index (χ2v) is 12.9. The van der Waals surface area contributed by atoms with Crippen molar-refractivity contribution in [3.05, 3.63) is 78.8 Å². The fourth-order valence-corrected chi connectivity index (χ4v) is 6.37. The molecule has 3 aromatic heterocycles. The van der Waals surface area contributed by atoms with Gasteiger partial charge in [0.25, 0.3) is 5.91 Å². The Labute approximate surface area is 293 Å². The first-order valence-electron chi connectivity index (χ1n) is 17.6. The summed E-state index contributed by atoms with van der Waals surface area (Å²) in [4.78, 5) is 39.0. The number of H-pyrrole nitrogens is 1. The van der Waals surface area contributed by atoms with Gasteiger partial charge in [0, 0.05) is 74.8 Å². The summed E-state index contributed by atoms with van der Waals surface area (Å²) in [5.41, 5.74) is 4.48. The first-order chi connectivity index (χ1) is 25.0. The molecule has 0 bridgehead atoms. The maximum Gasteiger partial charge on any atom is 0.258 e. The lowest BCUT2D eigenvalue weighted by Gasteiger charge is -2.30. The summed E-state index contributed by atoms with van der Waals surface area (Å²) in [5, 5.41) is 15.6. The fraction of sp³-hybridized carbons (Fsp3) is 0.351. The van der Waals surface area contributed by atoms with Crippen molar-refractivity contribution in [3.8, 4) is 28.5 Å². The van der Waals surface area contributed by atoms with Gasteiger partial charge in [0.1, 0.15) is 12.0 Å². The quantitative estimate of drug-likeness (QED) is 0.218. The molecule has 2 aromatic carbocycles. The summed E-state index contributed by atoms with van der Waals surface area (Å²) in [6.07, 6.45) is 6.06. The van der Waals surface area contributed by atoms with E-state index in [1.54, 1.807) is 23.3 Å². The van der Waals surface area contributed by atoms with Gasteiger partial charge >= 0.3 is 0 Å². The summed E-state index contributed by atoms with van der Waals surface area (Å²) < 4.78 is 31.0. The molecule has 50 heavy (non-hydrogen) atoms. The number of nitrogens with one attached hydrogen (secondary N) is 2. The van der Waals surface area contributed by atoms with Crippen molar-refractivity contribution < 1.29 is 21.8 Å². The van der Waals surface area contributed by atoms with Crippen LogP contribution < -0.4 is 10.1 Å². The van der Waals surface area contributed by atoms with Crippen molar-refractivity contribution in [2.75, 3.05) is 45.1 Å². The largest absolute Gasteiger partial charge is 0.475 e. The summed E-state index contributed by atoms with van der Waals surface area (Å²) in [6, 6.07) is 17.1. The van der Waals surface area contributed by atoms with Crippen LogP contribution in [0.3, 0.4) is 0 Å². The molecule has 0 saturated carbocycles. The molecule has 258 valence electrons. The van der Waals surface area contributed by atoms with Crippen LogP contribution in [-0.2, 0) is 21.4 Å². The van der Waals surface area contributed by atoms with E-state index in [1.807, 2.05) is 75.5 Å². The number of aromatic amines is 1. The second kappa shape index (κ2) is 13.8. The standard InChI is InChI=1S/C37H41N9O4/c1-24(2)50-32-19-28(11-15-38-32)34-30-20-29(9-10-31(30)41-42-34)40-36(48)37(49-4)14-18-45(22-37)21-33(47)46-16-12-26(13-17-46)25-5-7-27(8-6-25)35-39-23-44(3)43-35/h5-12,15,19-20,23-24H,13-14,16-18,21-22H2,1-4H3,(H,40,48)(H,41,42)/t37-/m0/s1/i21D2. The molecule has 13 heteroatoms. The normalized spacial score (nSPS) is 19.0. The highest BCUT2D eigenvalue weighted by Crippen LogP contribution is 2.32. The minimum Gasteiger partial charge on any atom is -0.475 e. The Bertz CT molecular complexity index is 2150. The first kappa shape index (κ1) is 30.6. The fourth-order valence-electron chi connectivity index (χ4n) is 6.37. The number of rotatable bonds is 10. The predicted molar refractivity (Wildman–Crippen MR) is 190 cm³/mol. The zero-order chi connectivity index (χ0) is 36.6. The number of pyridine rings is 1. The third-order valence-corrected chi connectivity index (χ3v) is 9.09. The van der Waals surface area contributed by atoms with Gasteiger partial charge in [-0.05, 0) is 62.1 Å². The number of aromatic nitrogens is 6. The molecule has 2 amide bonds. The van der Waals surface area contributed by atoms with Crippen LogP contribution in [0.4, 0.5) is 5.69 Å². The van der Waals surface area contributed by atoms with E-state index in [9.17, 15) is 9.59 Å². The van der Waals surface area contributed by atoms with Crippen molar-refractivity contribution >= 4 is 34.0 Å². The van der Waals surface area contributed by atoms with Crippen LogP contribution in [-0.4, -0.2) is 103 Å². The summed E-state index contributed by atoms with van der Waals surface area (Å²) in [5.74, 6) is 0.0856. The van der Waals surface area contributed by atoms with Crippen molar-refractivity contribution in [1.29, 1.82) is 0 Å². The van der Waals surface area contributed by atoms with Crippen LogP contribution in [0.2, 0.25) is 0 Å². The van der Waals surface area contributed by atoms with E-state index in [4.69, 9.17) is 12.2 Å². The molecule has 5 heterocycles. The van der Waals surface area contributed by atoms with Gasteiger partial charge in [-0.3, -0.25) is 24.3 Å². The number of hydrogen-bond acceptors (Lipinski definition) is 9. The van der Waals surface area contributed by atoms with Gasteiger partial charge in [0.05, 0.1) is 20.9 Å². The third-order valence-electron chi connectivity index (χ3n) is 9.09. The van der Waals surface area contributed by atoms with Gasteiger partial charge in [-0.1, -0.05) is 30.3 Å². The number of ether oxygens (including phenoxy) is 2. The maximum absolute atomic E-state index is 13.8. The zero-order valence-corrected chi connectivity index (χ0v) is 28.5. The van der Waals surface area contributed by atoms with Gasteiger partial charge in [-0.2, -0.15) is 10.2 Å². The van der Waals surface area contributed by atoms with E-state index < -0.39 is 23.9 Å². The van der Waals surface area contributed by atoms with Gasteiger partial charge in [0.15, 0.2) is 11.4 Å². The summed E-state index contributed by atoms with van der Waals surface area (Å²) in [6.45, 7) is 2.27. The predicted octanol–water partition coefficient (Wildman–Crippen LogP) is 4.55. The van der Waals surface area contributed by atoms with E-state index in [2.05, 4.69) is 30.6 Å². The number of carbonyl (C=O) groups excluding carboxylic acids is 2. The number of amides is 2. The highest BCUT2D eigenvalue weighted by Gasteiger charge is 2.45. The topological polar surface area (TPSA) is 143 Å². The molecular weight excluding hydrogens is 634 g/mol. The molecule has 13 nitrogen and oxygen atoms in total. The number of carbonyl (C=O) groups is 2. The van der Waals surface area contributed by atoms with Crippen molar-refractivity contribution in [2.45, 2.75) is 38.4 Å². The Balaban J connectivity index is 1.01. The van der Waals surface area contributed by atoms with Crippen LogP contribution in [0.5, 0.6) is 5.88 Å². The van der Waals surface area contributed by atoms with Gasteiger partial charge < -0.3 is 19.7 Å². The molecule has 2 N–H and O–H groups in total. The number of aryl methyl sites for hydroxylation is 1. The monoisotopic (exact) mass is 677 g/mol. The number of benzene rings is 2. The molecule has 0 unspecified atom stereocenters. The summed E-state index contributed by atoms with van der Waals surface area (Å²) in [7, 11) is 3.26. The average Bonchev–Trinajstić information content (AvgIpc) is 3.90. The van der Waals surface area contributed by atoms with Gasteiger partial charge in [0.2, 0.25) is 11.8 Å². The zero-order valence-electron chi connectivity index (χ0n) is 30.5. The van der Waals surface area contributed by atoms with Crippen LogP contribution in [0, 0.1) is 0 Å². The molecule has 1 fully saturated rings. The highest BCUT2D eigenvalue weighted by molar-refractivity contribution is 6.01. The van der Waals surface area contributed by atoms with Gasteiger partial charge in [-0.15, -0.1) is 0 Å². The molecule has 7 rings (SSSR count). The van der Waals surface area contributed by atoms with E-state index in [0.29, 0.717) is 36.1 Å².